The second-order valence-electron chi connectivity index (χ2n) is 6.42. The first kappa shape index (κ1) is 17.8. The average Bonchev–Trinajstić information content (AvgIpc) is 3.16. The molecule has 1 saturated heterocycles. The zero-order valence-corrected chi connectivity index (χ0v) is 14.6. The molecule has 2 aliphatic heterocycles. The Bertz CT molecular complexity index is 960. The van der Waals surface area contributed by atoms with Gasteiger partial charge < -0.3 is 9.84 Å². The molecule has 4 rings (SSSR count). The summed E-state index contributed by atoms with van der Waals surface area (Å²) in [6, 6.07) is 8.51. The van der Waals surface area contributed by atoms with Crippen molar-refractivity contribution in [3.63, 3.8) is 0 Å². The van der Waals surface area contributed by atoms with E-state index in [0.29, 0.717) is 16.7 Å². The van der Waals surface area contributed by atoms with Gasteiger partial charge in [0.1, 0.15) is 22.5 Å². The van der Waals surface area contributed by atoms with E-state index >= 15 is 0 Å². The number of hydrogen-bond donors (Lipinski definition) is 2. The summed E-state index contributed by atoms with van der Waals surface area (Å²) in [5.41, 5.74) is 0.517. The van der Waals surface area contributed by atoms with Gasteiger partial charge in [0.05, 0.1) is 17.4 Å². The fourth-order valence-electron chi connectivity index (χ4n) is 3.49. The first-order valence-electron chi connectivity index (χ1n) is 8.11. The number of benzene rings is 2. The lowest BCUT2D eigenvalue weighted by Crippen LogP contribution is -2.15. The summed E-state index contributed by atoms with van der Waals surface area (Å²) in [5, 5.41) is 9.70. The maximum Gasteiger partial charge on any atom is 0.419 e. The van der Waals surface area contributed by atoms with Gasteiger partial charge in [-0.15, -0.1) is 0 Å². The lowest BCUT2D eigenvalue weighted by atomic mass is 9.90. The van der Waals surface area contributed by atoms with Crippen molar-refractivity contribution in [3.05, 3.63) is 58.7 Å². The van der Waals surface area contributed by atoms with Crippen molar-refractivity contribution in [3.8, 4) is 11.5 Å². The highest BCUT2D eigenvalue weighted by molar-refractivity contribution is 7.84. The molecule has 27 heavy (non-hydrogen) atoms. The van der Waals surface area contributed by atoms with Gasteiger partial charge in [0.2, 0.25) is 5.91 Å². The SMILES string of the molecule is O=C1CC(c2ccc(C3COc4c3cccc4C(F)(F)F)cc2O)S(=O)N1. The Labute approximate surface area is 154 Å². The van der Waals surface area contributed by atoms with Gasteiger partial charge in [-0.1, -0.05) is 24.3 Å². The van der Waals surface area contributed by atoms with Crippen molar-refractivity contribution in [2.45, 2.75) is 23.8 Å². The number of nitrogens with one attached hydrogen (secondary N) is 1. The van der Waals surface area contributed by atoms with Crippen LogP contribution in [0.2, 0.25) is 0 Å². The number of fused-ring (bicyclic) bond motifs is 1. The Morgan fingerprint density at radius 2 is 1.96 bits per heavy atom. The van der Waals surface area contributed by atoms with Crippen LogP contribution in [0.4, 0.5) is 13.2 Å². The quantitative estimate of drug-likeness (QED) is 0.816. The van der Waals surface area contributed by atoms with Crippen molar-refractivity contribution >= 4 is 16.9 Å². The van der Waals surface area contributed by atoms with Gasteiger partial charge in [-0.3, -0.25) is 9.52 Å². The molecular formula is C18H14F3NO4S. The van der Waals surface area contributed by atoms with E-state index in [1.807, 2.05) is 0 Å². The molecule has 2 aromatic rings. The second-order valence-corrected chi connectivity index (χ2v) is 7.79. The molecule has 3 unspecified atom stereocenters. The van der Waals surface area contributed by atoms with Crippen LogP contribution >= 0.6 is 0 Å². The second kappa shape index (κ2) is 6.26. The number of rotatable bonds is 2. The molecule has 2 N–H and O–H groups in total. The number of amides is 1. The third kappa shape index (κ3) is 3.05. The number of phenolic OH excluding ortho intramolecular Hbond substituents is 1. The minimum absolute atomic E-state index is 0.00380. The monoisotopic (exact) mass is 397 g/mol. The molecule has 2 aromatic carbocycles. The van der Waals surface area contributed by atoms with E-state index in [4.69, 9.17) is 4.74 Å². The molecule has 0 radical (unpaired) electrons. The van der Waals surface area contributed by atoms with Crippen LogP contribution in [0.15, 0.2) is 36.4 Å². The molecule has 0 bridgehead atoms. The van der Waals surface area contributed by atoms with Gasteiger partial charge in [0.15, 0.2) is 0 Å². The van der Waals surface area contributed by atoms with Gasteiger partial charge in [-0.2, -0.15) is 13.2 Å². The molecule has 3 atom stereocenters. The Morgan fingerprint density at radius 3 is 2.59 bits per heavy atom. The highest BCUT2D eigenvalue weighted by Gasteiger charge is 2.39. The molecule has 5 nitrogen and oxygen atoms in total. The molecule has 0 spiro atoms. The summed E-state index contributed by atoms with van der Waals surface area (Å²) in [5.74, 6) is -1.16. The summed E-state index contributed by atoms with van der Waals surface area (Å²) < 4.78 is 59.0. The van der Waals surface area contributed by atoms with E-state index in [-0.39, 0.29) is 30.4 Å². The van der Waals surface area contributed by atoms with E-state index in [0.717, 1.165) is 6.07 Å². The number of halogens is 3. The van der Waals surface area contributed by atoms with Gasteiger partial charge in [0.25, 0.3) is 0 Å². The molecule has 0 aliphatic carbocycles. The Hall–Kier alpha value is -2.55. The normalized spacial score (nSPS) is 24.4. The van der Waals surface area contributed by atoms with Crippen molar-refractivity contribution in [2.75, 3.05) is 6.61 Å². The molecule has 142 valence electrons. The zero-order chi connectivity index (χ0) is 19.3. The van der Waals surface area contributed by atoms with Crippen LogP contribution in [-0.2, 0) is 22.0 Å². The van der Waals surface area contributed by atoms with Gasteiger partial charge >= 0.3 is 6.18 Å². The number of ether oxygens (including phenoxy) is 1. The van der Waals surface area contributed by atoms with Crippen molar-refractivity contribution in [2.24, 2.45) is 0 Å². The van der Waals surface area contributed by atoms with Gasteiger partial charge in [-0.05, 0) is 17.7 Å². The molecule has 2 heterocycles. The topological polar surface area (TPSA) is 75.6 Å². The van der Waals surface area contributed by atoms with E-state index in [2.05, 4.69) is 4.72 Å². The van der Waals surface area contributed by atoms with Crippen LogP contribution in [0.5, 0.6) is 11.5 Å². The van der Waals surface area contributed by atoms with Gasteiger partial charge in [-0.25, -0.2) is 4.21 Å². The Morgan fingerprint density at radius 1 is 1.19 bits per heavy atom. The van der Waals surface area contributed by atoms with Crippen LogP contribution in [0, 0.1) is 0 Å². The highest BCUT2D eigenvalue weighted by Crippen LogP contribution is 2.46. The lowest BCUT2D eigenvalue weighted by molar-refractivity contribution is -0.138. The fraction of sp³-hybridized carbons (Fsp3) is 0.278. The minimum atomic E-state index is -4.52. The van der Waals surface area contributed by atoms with Crippen LogP contribution in [-0.4, -0.2) is 21.8 Å². The average molecular weight is 397 g/mol. The molecule has 1 fully saturated rings. The third-order valence-corrected chi connectivity index (χ3v) is 6.13. The number of hydrogen-bond acceptors (Lipinski definition) is 4. The third-order valence-electron chi connectivity index (χ3n) is 4.77. The smallest absolute Gasteiger partial charge is 0.419 e. The van der Waals surface area contributed by atoms with Crippen LogP contribution in [0.1, 0.15) is 39.8 Å². The van der Waals surface area contributed by atoms with E-state index in [1.54, 1.807) is 18.2 Å². The predicted octanol–water partition coefficient (Wildman–Crippen LogP) is 3.16. The molecule has 0 aromatic heterocycles. The van der Waals surface area contributed by atoms with Crippen LogP contribution < -0.4 is 9.46 Å². The molecule has 0 saturated carbocycles. The lowest BCUT2D eigenvalue weighted by Gasteiger charge is -2.15. The van der Waals surface area contributed by atoms with E-state index in [1.165, 1.54) is 12.1 Å². The maximum absolute atomic E-state index is 13.1. The fourth-order valence-corrected chi connectivity index (χ4v) is 4.67. The number of phenols is 1. The number of carbonyl (C=O) groups is 1. The molecule has 1 amide bonds. The van der Waals surface area contributed by atoms with Crippen LogP contribution in [0.25, 0.3) is 0 Å². The van der Waals surface area contributed by atoms with E-state index in [9.17, 15) is 27.3 Å². The van der Waals surface area contributed by atoms with E-state index < -0.39 is 33.9 Å². The summed E-state index contributed by atoms with van der Waals surface area (Å²) in [7, 11) is -1.62. The predicted molar refractivity (Wildman–Crippen MR) is 90.5 cm³/mol. The standard InChI is InChI=1S/C18H14F3NO4S/c19-18(20,21)13-3-1-2-10-12(8-26-17(10)13)9-4-5-11(14(23)6-9)15-7-16(24)22-27(15)25/h1-6,12,15,23H,7-8H2,(H,22,24). The number of para-hydroxylation sites is 1. The first-order valence-corrected chi connectivity index (χ1v) is 9.33. The van der Waals surface area contributed by atoms with Crippen molar-refractivity contribution in [1.82, 2.24) is 4.72 Å². The summed E-state index contributed by atoms with van der Waals surface area (Å²) >= 11 is 0. The molecule has 2 aliphatic rings. The summed E-state index contributed by atoms with van der Waals surface area (Å²) in [4.78, 5) is 11.4. The zero-order valence-electron chi connectivity index (χ0n) is 13.7. The number of alkyl halides is 3. The molecular weight excluding hydrogens is 383 g/mol. The maximum atomic E-state index is 13.1. The Balaban J connectivity index is 1.68. The minimum Gasteiger partial charge on any atom is -0.508 e. The van der Waals surface area contributed by atoms with Crippen molar-refractivity contribution < 1.29 is 32.0 Å². The number of aromatic hydroxyl groups is 1. The van der Waals surface area contributed by atoms with Crippen molar-refractivity contribution in [1.29, 1.82) is 0 Å². The van der Waals surface area contributed by atoms with Gasteiger partial charge in [0, 0.05) is 23.5 Å². The largest absolute Gasteiger partial charge is 0.508 e. The molecule has 9 heteroatoms. The number of carbonyl (C=O) groups excluding carboxylic acids is 1. The first-order chi connectivity index (χ1) is 12.8. The highest BCUT2D eigenvalue weighted by atomic mass is 32.2. The van der Waals surface area contributed by atoms with Crippen LogP contribution in [0.3, 0.4) is 0 Å². The summed E-state index contributed by atoms with van der Waals surface area (Å²) in [6.07, 6.45) is -4.51. The summed E-state index contributed by atoms with van der Waals surface area (Å²) in [6.45, 7) is 0.0244. The Kier molecular flexibility index (Phi) is 4.14.